The van der Waals surface area contributed by atoms with E-state index in [9.17, 15) is 9.59 Å². The van der Waals surface area contributed by atoms with Gasteiger partial charge in [0, 0.05) is 26.1 Å². The van der Waals surface area contributed by atoms with E-state index in [4.69, 9.17) is 5.73 Å². The second-order valence-electron chi connectivity index (χ2n) is 6.32. The van der Waals surface area contributed by atoms with Crippen molar-refractivity contribution in [3.8, 4) is 0 Å². The van der Waals surface area contributed by atoms with E-state index in [0.717, 1.165) is 6.42 Å². The molecule has 0 saturated carbocycles. The molecule has 1 aromatic carbocycles. The third-order valence-corrected chi connectivity index (χ3v) is 4.62. The fourth-order valence-electron chi connectivity index (χ4n) is 2.75. The Kier molecular flexibility index (Phi) is 8.22. The lowest BCUT2D eigenvalue weighted by molar-refractivity contribution is -0.132. The summed E-state index contributed by atoms with van der Waals surface area (Å²) >= 11 is 0. The first-order valence-corrected chi connectivity index (χ1v) is 8.40. The van der Waals surface area contributed by atoms with Gasteiger partial charge in [0.2, 0.25) is 11.8 Å². The van der Waals surface area contributed by atoms with Crippen LogP contribution in [0.2, 0.25) is 0 Å². The van der Waals surface area contributed by atoms with Gasteiger partial charge in [-0.1, -0.05) is 44.5 Å². The lowest BCUT2D eigenvalue weighted by Crippen LogP contribution is -2.45. The van der Waals surface area contributed by atoms with Crippen LogP contribution < -0.4 is 11.1 Å². The van der Waals surface area contributed by atoms with Gasteiger partial charge in [-0.3, -0.25) is 9.59 Å². The minimum atomic E-state index is -0.469. The van der Waals surface area contributed by atoms with E-state index < -0.39 is 6.04 Å². The molecule has 2 unspecified atom stereocenters. The normalized spacial score (nSPS) is 15.2. The van der Waals surface area contributed by atoms with Crippen LogP contribution in [0.15, 0.2) is 24.3 Å². The zero-order valence-corrected chi connectivity index (χ0v) is 15.3. The monoisotopic (exact) mass is 353 g/mol. The molecule has 1 heterocycles. The second kappa shape index (κ2) is 9.64. The highest BCUT2D eigenvalue weighted by molar-refractivity contribution is 5.85. The number of nitrogens with one attached hydrogen (secondary N) is 1. The summed E-state index contributed by atoms with van der Waals surface area (Å²) in [7, 11) is 0. The number of nitrogens with zero attached hydrogens (tertiary/aromatic N) is 1. The number of fused-ring (bicyclic) bond motifs is 1. The van der Waals surface area contributed by atoms with Gasteiger partial charge in [0.15, 0.2) is 0 Å². The van der Waals surface area contributed by atoms with Crippen LogP contribution in [0, 0.1) is 5.92 Å². The van der Waals surface area contributed by atoms with E-state index in [1.165, 1.54) is 11.1 Å². The van der Waals surface area contributed by atoms with Crippen molar-refractivity contribution >= 4 is 24.2 Å². The Bertz CT molecular complexity index is 540. The zero-order chi connectivity index (χ0) is 16.8. The molecule has 2 rings (SSSR count). The number of hydrogen-bond acceptors (Lipinski definition) is 3. The lowest BCUT2D eigenvalue weighted by Gasteiger charge is -2.18. The topological polar surface area (TPSA) is 75.4 Å². The van der Waals surface area contributed by atoms with Crippen LogP contribution in [0.3, 0.4) is 0 Å². The Morgan fingerprint density at radius 2 is 1.83 bits per heavy atom. The molecule has 6 heteroatoms. The van der Waals surface area contributed by atoms with Crippen LogP contribution in [-0.4, -0.2) is 29.3 Å². The van der Waals surface area contributed by atoms with E-state index in [1.807, 2.05) is 30.9 Å². The smallest absolute Gasteiger partial charge is 0.237 e. The highest BCUT2D eigenvalue weighted by atomic mass is 35.5. The van der Waals surface area contributed by atoms with E-state index in [0.29, 0.717) is 32.5 Å². The molecule has 0 saturated heterocycles. The van der Waals surface area contributed by atoms with Gasteiger partial charge in [-0.15, -0.1) is 12.4 Å². The quantitative estimate of drug-likeness (QED) is 0.738. The largest absolute Gasteiger partial charge is 0.355 e. The van der Waals surface area contributed by atoms with Gasteiger partial charge < -0.3 is 16.0 Å². The first-order chi connectivity index (χ1) is 11.0. The second-order valence-corrected chi connectivity index (χ2v) is 6.32. The molecule has 3 N–H and O–H groups in total. The highest BCUT2D eigenvalue weighted by Gasteiger charge is 2.22. The number of carbonyl (C=O) groups excluding carboxylic acids is 2. The van der Waals surface area contributed by atoms with E-state index in [2.05, 4.69) is 17.4 Å². The Morgan fingerprint density at radius 3 is 2.38 bits per heavy atom. The molecule has 1 aliphatic heterocycles. The van der Waals surface area contributed by atoms with Crippen molar-refractivity contribution < 1.29 is 9.59 Å². The number of nitrogens with two attached hydrogens (primary N) is 1. The Balaban J connectivity index is 0.00000288. The van der Waals surface area contributed by atoms with Crippen molar-refractivity contribution in [1.82, 2.24) is 10.2 Å². The molecule has 134 valence electrons. The van der Waals surface area contributed by atoms with Gasteiger partial charge in [-0.25, -0.2) is 0 Å². The Morgan fingerprint density at radius 1 is 1.25 bits per heavy atom. The van der Waals surface area contributed by atoms with Crippen molar-refractivity contribution in [2.24, 2.45) is 11.7 Å². The maximum Gasteiger partial charge on any atom is 0.237 e. The molecule has 0 bridgehead atoms. The molecule has 2 atom stereocenters. The zero-order valence-electron chi connectivity index (χ0n) is 14.5. The van der Waals surface area contributed by atoms with Crippen molar-refractivity contribution in [2.45, 2.75) is 52.2 Å². The van der Waals surface area contributed by atoms with Gasteiger partial charge >= 0.3 is 0 Å². The lowest BCUT2D eigenvalue weighted by atomic mass is 9.99. The highest BCUT2D eigenvalue weighted by Crippen LogP contribution is 2.22. The minimum Gasteiger partial charge on any atom is -0.355 e. The fraction of sp³-hybridized carbons (Fsp3) is 0.556. The van der Waals surface area contributed by atoms with E-state index in [1.54, 1.807) is 0 Å². The molecule has 1 aliphatic rings. The predicted octanol–water partition coefficient (Wildman–Crippen LogP) is 2.22. The molecule has 0 aromatic heterocycles. The molecule has 1 aromatic rings. The molecular weight excluding hydrogens is 326 g/mol. The summed E-state index contributed by atoms with van der Waals surface area (Å²) in [5.41, 5.74) is 8.33. The molecular formula is C18H28ClN3O2. The maximum atomic E-state index is 12.2. The van der Waals surface area contributed by atoms with Crippen LogP contribution in [0.5, 0.6) is 0 Å². The van der Waals surface area contributed by atoms with Crippen LogP contribution in [0.4, 0.5) is 0 Å². The third-order valence-electron chi connectivity index (χ3n) is 4.62. The van der Waals surface area contributed by atoms with Gasteiger partial charge in [0.1, 0.15) is 0 Å². The van der Waals surface area contributed by atoms with Crippen LogP contribution in [-0.2, 0) is 22.7 Å². The van der Waals surface area contributed by atoms with Crippen molar-refractivity contribution in [3.63, 3.8) is 0 Å². The molecule has 0 fully saturated rings. The van der Waals surface area contributed by atoms with Crippen molar-refractivity contribution in [2.75, 3.05) is 6.54 Å². The van der Waals surface area contributed by atoms with Gasteiger partial charge in [-0.05, 0) is 23.5 Å². The molecule has 2 amide bonds. The van der Waals surface area contributed by atoms with Gasteiger partial charge in [0.05, 0.1) is 6.04 Å². The molecule has 0 aliphatic carbocycles. The average Bonchev–Trinajstić information content (AvgIpc) is 3.01. The number of hydrogen-bond donors (Lipinski definition) is 2. The fourth-order valence-corrected chi connectivity index (χ4v) is 2.75. The third kappa shape index (κ3) is 5.21. The van der Waals surface area contributed by atoms with Gasteiger partial charge in [0.25, 0.3) is 0 Å². The standard InChI is InChI=1S/C18H27N3O2.ClH/c1-3-13(2)17(19)18(23)20-10-6-9-16(22)21-11-14-7-4-5-8-15(14)12-21;/h4-5,7-8,13,17H,3,6,9-12,19H2,1-2H3,(H,20,23);1H. The predicted molar refractivity (Wildman–Crippen MR) is 97.6 cm³/mol. The van der Waals surface area contributed by atoms with Crippen LogP contribution in [0.25, 0.3) is 0 Å². The van der Waals surface area contributed by atoms with Gasteiger partial charge in [-0.2, -0.15) is 0 Å². The maximum absolute atomic E-state index is 12.2. The van der Waals surface area contributed by atoms with E-state index in [-0.39, 0.29) is 30.1 Å². The summed E-state index contributed by atoms with van der Waals surface area (Å²) in [4.78, 5) is 26.0. The van der Waals surface area contributed by atoms with Crippen molar-refractivity contribution in [1.29, 1.82) is 0 Å². The van der Waals surface area contributed by atoms with Crippen molar-refractivity contribution in [3.05, 3.63) is 35.4 Å². The first kappa shape index (κ1) is 20.5. The number of carbonyl (C=O) groups is 2. The number of benzene rings is 1. The molecule has 0 spiro atoms. The Hall–Kier alpha value is -1.59. The van der Waals surface area contributed by atoms with E-state index >= 15 is 0 Å². The first-order valence-electron chi connectivity index (χ1n) is 8.40. The molecule has 0 radical (unpaired) electrons. The minimum absolute atomic E-state index is 0. The number of amides is 2. The summed E-state index contributed by atoms with van der Waals surface area (Å²) in [5, 5.41) is 2.83. The van der Waals surface area contributed by atoms with Crippen LogP contribution >= 0.6 is 12.4 Å². The molecule has 5 nitrogen and oxygen atoms in total. The van der Waals surface area contributed by atoms with Crippen LogP contribution in [0.1, 0.15) is 44.2 Å². The average molecular weight is 354 g/mol. The SMILES string of the molecule is CCC(C)C(N)C(=O)NCCCC(=O)N1Cc2ccccc2C1.Cl. The number of halogens is 1. The summed E-state index contributed by atoms with van der Waals surface area (Å²) in [5.74, 6) is 0.182. The summed E-state index contributed by atoms with van der Waals surface area (Å²) < 4.78 is 0. The Labute approximate surface area is 150 Å². The molecule has 24 heavy (non-hydrogen) atoms. The summed E-state index contributed by atoms with van der Waals surface area (Å²) in [6.07, 6.45) is 1.97. The number of rotatable bonds is 7. The summed E-state index contributed by atoms with van der Waals surface area (Å²) in [6, 6.07) is 7.67. The summed E-state index contributed by atoms with van der Waals surface area (Å²) in [6.45, 7) is 5.87.